The number of rotatable bonds is 4. The molecule has 1 saturated heterocycles. The first-order valence-electron chi connectivity index (χ1n) is 13.8. The predicted molar refractivity (Wildman–Crippen MR) is 187 cm³/mol. The van der Waals surface area contributed by atoms with Gasteiger partial charge in [-0.3, -0.25) is 0 Å². The van der Waals surface area contributed by atoms with Crippen LogP contribution in [0.1, 0.15) is 96.9 Å². The van der Waals surface area contributed by atoms with Crippen LogP contribution < -0.4 is 0 Å². The molecule has 0 bridgehead atoms. The Kier molecular flexibility index (Phi) is 24.5. The fourth-order valence-corrected chi connectivity index (χ4v) is 30.5. The Morgan fingerprint density at radius 1 is 0.400 bits per heavy atom. The molecule has 3 fully saturated rings. The van der Waals surface area contributed by atoms with Crippen molar-refractivity contribution >= 4 is 16.5 Å². The molecule has 2 aliphatic carbocycles. The number of nitrogens with zero attached hydrogens (tertiary/aromatic N) is 2. The molecule has 0 aromatic rings. The topological polar surface area (TPSA) is 28.2 Å². The molecule has 236 valence electrons. The normalized spacial score (nSPS) is 41.9. The van der Waals surface area contributed by atoms with E-state index < -0.39 is 16.5 Å². The van der Waals surface area contributed by atoms with Gasteiger partial charge in [0, 0.05) is 0 Å². The average molecular weight is 663 g/mol. The first-order chi connectivity index (χ1) is 14.4. The van der Waals surface area contributed by atoms with Gasteiger partial charge in [0.1, 0.15) is 0 Å². The molecule has 2 nitrogen and oxygen atoms in total. The maximum absolute atomic E-state index is 5.90. The summed E-state index contributed by atoms with van der Waals surface area (Å²) in [4.78, 5) is 11.8. The van der Waals surface area contributed by atoms with Gasteiger partial charge in [-0.2, -0.15) is 0 Å². The summed E-state index contributed by atoms with van der Waals surface area (Å²) in [5.74, 6) is 6.58. The standard InChI is InChI=1S/C28H56N2Si2.6CH3.2Ti/c1-17-18(2)22(6)25(21(17)5)31(29-27(9,10)11)15-32(16-31,30-28(12,13)14)26-23(7)19(3)20(4)24(26)8;;;;;;;;/h17-26H,15-16H2,1-14H3;6*1H3;;/q-2;6*-1;2*+4/t17-,18?,19+,20?,21?,22?,23?,24?,25?,26?,31?,32?;;;;;;;;. The Labute approximate surface area is 290 Å². The Bertz CT molecular complexity index is 600. The minimum Gasteiger partial charge on any atom is -0.660 e. The van der Waals surface area contributed by atoms with Gasteiger partial charge >= 0.3 is 43.4 Å². The van der Waals surface area contributed by atoms with E-state index in [-0.39, 0.29) is 99.1 Å². The molecule has 0 spiro atoms. The molecule has 0 aromatic carbocycles. The molecule has 10 atom stereocenters. The second-order valence-corrected chi connectivity index (χ2v) is 24.1. The van der Waals surface area contributed by atoms with Crippen LogP contribution in [0, 0.1) is 91.9 Å². The van der Waals surface area contributed by atoms with Crippen LogP contribution in [-0.2, 0) is 43.4 Å². The third-order valence-electron chi connectivity index (χ3n) is 10.8. The van der Waals surface area contributed by atoms with E-state index in [0.717, 1.165) is 58.4 Å². The van der Waals surface area contributed by atoms with E-state index in [1.807, 2.05) is 0 Å². The zero-order valence-electron chi connectivity index (χ0n) is 31.1. The van der Waals surface area contributed by atoms with Gasteiger partial charge < -0.3 is 54.5 Å². The van der Waals surface area contributed by atoms with Crippen LogP contribution >= 0.6 is 0 Å². The van der Waals surface area contributed by atoms with Crippen molar-refractivity contribution in [3.63, 3.8) is 0 Å². The molecule has 0 amide bonds. The average Bonchev–Trinajstić information content (AvgIpc) is 2.90. The second kappa shape index (κ2) is 18.1. The molecule has 0 aromatic heterocycles. The minimum atomic E-state index is -1.77. The first-order valence-corrected chi connectivity index (χ1v) is 18.7. The molecular weight excluding hydrogens is 588 g/mol. The summed E-state index contributed by atoms with van der Waals surface area (Å²) >= 11 is 0. The molecule has 3 rings (SSSR count). The van der Waals surface area contributed by atoms with Crippen molar-refractivity contribution in [2.45, 2.75) is 130 Å². The third kappa shape index (κ3) is 9.89. The predicted octanol–water partition coefficient (Wildman–Crippen LogP) is 11.9. The van der Waals surface area contributed by atoms with Crippen LogP contribution in [0.25, 0.3) is 9.96 Å². The van der Waals surface area contributed by atoms with Crippen LogP contribution in [0.4, 0.5) is 0 Å². The first kappa shape index (κ1) is 54.3. The number of hydrogen-bond acceptors (Lipinski definition) is 0. The van der Waals surface area contributed by atoms with Gasteiger partial charge in [0.25, 0.3) is 0 Å². The van der Waals surface area contributed by atoms with Crippen LogP contribution in [0.2, 0.25) is 22.4 Å². The van der Waals surface area contributed by atoms with Crippen LogP contribution in [0.15, 0.2) is 0 Å². The fraction of sp³-hybridized carbons (Fsp3) is 0.824. The van der Waals surface area contributed by atoms with Gasteiger partial charge in [0.2, 0.25) is 0 Å². The molecule has 1 aliphatic heterocycles. The van der Waals surface area contributed by atoms with Gasteiger partial charge in [-0.05, 0) is 47.3 Å². The summed E-state index contributed by atoms with van der Waals surface area (Å²) in [6.07, 6.45) is 0. The molecule has 0 N–H and O–H groups in total. The molecule has 1 heterocycles. The van der Waals surface area contributed by atoms with Crippen LogP contribution in [0.3, 0.4) is 0 Å². The van der Waals surface area contributed by atoms with Crippen molar-refractivity contribution < 1.29 is 43.4 Å². The Morgan fingerprint density at radius 2 is 0.575 bits per heavy atom. The maximum atomic E-state index is 5.90. The summed E-state index contributed by atoms with van der Waals surface area (Å²) in [6.45, 7) is 34.6. The monoisotopic (exact) mass is 662 g/mol. The van der Waals surface area contributed by atoms with E-state index in [1.54, 1.807) is 0 Å². The second-order valence-electron chi connectivity index (χ2n) is 15.1. The van der Waals surface area contributed by atoms with Gasteiger partial charge in [-0.25, -0.2) is 0 Å². The van der Waals surface area contributed by atoms with Crippen molar-refractivity contribution in [1.82, 2.24) is 0 Å². The molecule has 6 heteroatoms. The summed E-state index contributed by atoms with van der Waals surface area (Å²) in [5.41, 5.74) is 4.76. The van der Waals surface area contributed by atoms with Crippen molar-refractivity contribution in [2.75, 3.05) is 0 Å². The van der Waals surface area contributed by atoms with E-state index in [9.17, 15) is 0 Å². The number of hydrogen-bond donors (Lipinski definition) is 0. The summed E-state index contributed by atoms with van der Waals surface area (Å²) < 4.78 is 0. The smallest absolute Gasteiger partial charge is 0.660 e. The van der Waals surface area contributed by atoms with E-state index in [0.29, 0.717) is 0 Å². The summed E-state index contributed by atoms with van der Waals surface area (Å²) in [7, 11) is -3.54. The van der Waals surface area contributed by atoms with Gasteiger partial charge in [0.05, 0.1) is 0 Å². The van der Waals surface area contributed by atoms with Crippen LogP contribution in [-0.4, -0.2) is 27.5 Å². The van der Waals surface area contributed by atoms with Crippen LogP contribution in [0.5, 0.6) is 0 Å². The summed E-state index contributed by atoms with van der Waals surface area (Å²) in [5, 5.41) is 0. The Morgan fingerprint density at radius 3 is 0.725 bits per heavy atom. The van der Waals surface area contributed by atoms with Crippen molar-refractivity contribution in [3.05, 3.63) is 54.5 Å². The zero-order valence-corrected chi connectivity index (χ0v) is 36.2. The van der Waals surface area contributed by atoms with Gasteiger partial charge in [-0.1, -0.05) is 136 Å². The fourth-order valence-electron chi connectivity index (χ4n) is 9.26. The SMILES string of the molecule is CC1C(C)[C@@H](C)C(C)C1[Si]1([N-]C(C)(C)C)C[Si]([N-]C(C)(C)C)(C2C(C)C(C)[C@H](C)C2C)C1.[CH3-].[CH3-].[CH3-].[CH3-].[CH3-].[CH3-].[Ti+4].[Ti+4]. The van der Waals surface area contributed by atoms with Crippen molar-refractivity contribution in [1.29, 1.82) is 0 Å². The minimum absolute atomic E-state index is 0. The third-order valence-corrected chi connectivity index (χ3v) is 27.4. The Hall–Kier alpha value is 1.78. The summed E-state index contributed by atoms with van der Waals surface area (Å²) in [6, 6.07) is 0. The van der Waals surface area contributed by atoms with E-state index in [4.69, 9.17) is 9.96 Å². The quantitative estimate of drug-likeness (QED) is 0.212. The Balaban J connectivity index is -0.000000361. The molecule has 3 aliphatic rings. The largest absolute Gasteiger partial charge is 4.00 e. The van der Waals surface area contributed by atoms with Gasteiger partial charge in [-0.15, -0.1) is 11.1 Å². The molecule has 8 unspecified atom stereocenters. The van der Waals surface area contributed by atoms with Crippen molar-refractivity contribution in [3.8, 4) is 0 Å². The molecule has 2 saturated carbocycles. The zero-order chi connectivity index (χ0) is 24.6. The van der Waals surface area contributed by atoms with E-state index in [2.05, 4.69) is 96.9 Å². The van der Waals surface area contributed by atoms with Crippen molar-refractivity contribution in [2.24, 2.45) is 47.3 Å². The molecular formula is C34H74N2Si2Ti2. The van der Waals surface area contributed by atoms with E-state index in [1.165, 1.54) is 11.3 Å². The molecule has 40 heavy (non-hydrogen) atoms. The van der Waals surface area contributed by atoms with E-state index >= 15 is 0 Å². The van der Waals surface area contributed by atoms with Gasteiger partial charge in [0.15, 0.2) is 0 Å². The maximum Gasteiger partial charge on any atom is 4.00 e. The molecule has 0 radical (unpaired) electrons.